The van der Waals surface area contributed by atoms with Crippen molar-refractivity contribution in [3.8, 4) is 17.5 Å². The van der Waals surface area contributed by atoms with E-state index in [1.54, 1.807) is 12.1 Å². The van der Waals surface area contributed by atoms with Crippen molar-refractivity contribution >= 4 is 39.9 Å². The van der Waals surface area contributed by atoms with Crippen molar-refractivity contribution in [3.05, 3.63) is 123 Å². The predicted octanol–water partition coefficient (Wildman–Crippen LogP) is 5.38. The third-order valence-electron chi connectivity index (χ3n) is 7.22. The Balaban J connectivity index is 1.26. The van der Waals surface area contributed by atoms with Crippen molar-refractivity contribution in [1.82, 2.24) is 19.7 Å². The Morgan fingerprint density at radius 3 is 2.33 bits per heavy atom. The van der Waals surface area contributed by atoms with Gasteiger partial charge >= 0.3 is 0 Å². The number of carbonyl (C=O) groups is 2. The number of amides is 2. The highest BCUT2D eigenvalue weighted by Crippen LogP contribution is 2.31. The average molecular weight is 542 g/mol. The largest absolute Gasteiger partial charge is 0.281 e. The molecule has 192 valence electrons. The minimum absolute atomic E-state index is 0.0281. The molecule has 40 heavy (non-hydrogen) atoms. The number of aryl methyl sites for hydroxylation is 1. The van der Waals surface area contributed by atoms with E-state index in [1.807, 2.05) is 78.2 Å². The van der Waals surface area contributed by atoms with Crippen LogP contribution in [0.4, 0.5) is 0 Å². The van der Waals surface area contributed by atoms with E-state index in [1.165, 1.54) is 4.90 Å². The van der Waals surface area contributed by atoms with E-state index >= 15 is 0 Å². The minimum Gasteiger partial charge on any atom is -0.281 e. The molecule has 3 heterocycles. The van der Waals surface area contributed by atoms with Crippen LogP contribution in [0.2, 0.25) is 5.02 Å². The van der Waals surface area contributed by atoms with Gasteiger partial charge in [-0.05, 0) is 48.7 Å². The summed E-state index contributed by atoms with van der Waals surface area (Å²) >= 11 is 6.58. The molecule has 0 fully saturated rings. The Morgan fingerprint density at radius 1 is 0.850 bits per heavy atom. The van der Waals surface area contributed by atoms with Gasteiger partial charge in [0, 0.05) is 38.2 Å². The minimum atomic E-state index is -0.339. The summed E-state index contributed by atoms with van der Waals surface area (Å²) in [6.07, 6.45) is 0. The summed E-state index contributed by atoms with van der Waals surface area (Å²) in [6, 6.07) is 24.4. The smallest absolute Gasteiger partial charge is 0.262 e. The van der Waals surface area contributed by atoms with E-state index in [9.17, 15) is 9.59 Å². The summed E-state index contributed by atoms with van der Waals surface area (Å²) in [4.78, 5) is 32.5. The number of rotatable bonds is 2. The van der Waals surface area contributed by atoms with Crippen LogP contribution in [-0.4, -0.2) is 43.7 Å². The third kappa shape index (κ3) is 3.73. The van der Waals surface area contributed by atoms with E-state index in [0.29, 0.717) is 33.6 Å². The molecule has 8 heteroatoms. The first kappa shape index (κ1) is 24.0. The van der Waals surface area contributed by atoms with Gasteiger partial charge in [0.05, 0.1) is 17.9 Å². The number of aliphatic imine (C=N–C) groups is 1. The fourth-order valence-corrected chi connectivity index (χ4v) is 5.61. The van der Waals surface area contributed by atoms with Gasteiger partial charge in [-0.2, -0.15) is 0 Å². The Morgan fingerprint density at radius 2 is 1.57 bits per heavy atom. The van der Waals surface area contributed by atoms with Gasteiger partial charge in [-0.1, -0.05) is 65.9 Å². The zero-order valence-corrected chi connectivity index (χ0v) is 22.1. The van der Waals surface area contributed by atoms with Gasteiger partial charge in [-0.3, -0.25) is 24.0 Å². The molecule has 4 aromatic carbocycles. The van der Waals surface area contributed by atoms with Crippen molar-refractivity contribution in [3.63, 3.8) is 0 Å². The summed E-state index contributed by atoms with van der Waals surface area (Å²) < 4.78 is 1.99. The Kier molecular flexibility index (Phi) is 5.58. The van der Waals surface area contributed by atoms with Crippen LogP contribution in [-0.2, 0) is 6.54 Å². The molecule has 2 aliphatic heterocycles. The molecule has 0 bridgehead atoms. The Labute approximate surface area is 234 Å². The molecule has 0 saturated heterocycles. The van der Waals surface area contributed by atoms with E-state index in [-0.39, 0.29) is 18.4 Å². The highest BCUT2D eigenvalue weighted by molar-refractivity contribution is 6.35. The quantitative estimate of drug-likeness (QED) is 0.222. The monoisotopic (exact) mass is 541 g/mol. The predicted molar refractivity (Wildman–Crippen MR) is 153 cm³/mol. The summed E-state index contributed by atoms with van der Waals surface area (Å²) in [6.45, 7) is 2.23. The first-order chi connectivity index (χ1) is 19.5. The number of imide groups is 1. The van der Waals surface area contributed by atoms with Crippen LogP contribution in [0.3, 0.4) is 0 Å². The van der Waals surface area contributed by atoms with E-state index in [2.05, 4.69) is 22.0 Å². The van der Waals surface area contributed by atoms with Crippen LogP contribution in [0.5, 0.6) is 0 Å². The van der Waals surface area contributed by atoms with Crippen LogP contribution in [0.15, 0.2) is 83.9 Å². The second kappa shape index (κ2) is 9.30. The molecule has 0 atom stereocenters. The topological polar surface area (TPSA) is 80.5 Å². The van der Waals surface area contributed by atoms with Gasteiger partial charge in [0.25, 0.3) is 11.8 Å². The highest BCUT2D eigenvalue weighted by atomic mass is 35.5. The van der Waals surface area contributed by atoms with Gasteiger partial charge in [-0.15, -0.1) is 10.2 Å². The van der Waals surface area contributed by atoms with E-state index in [4.69, 9.17) is 16.6 Å². The van der Waals surface area contributed by atoms with Crippen molar-refractivity contribution in [1.29, 1.82) is 0 Å². The lowest BCUT2D eigenvalue weighted by Crippen LogP contribution is -2.40. The van der Waals surface area contributed by atoms with Crippen molar-refractivity contribution < 1.29 is 9.59 Å². The second-order valence-electron chi connectivity index (χ2n) is 9.58. The van der Waals surface area contributed by atoms with Crippen molar-refractivity contribution in [2.75, 3.05) is 6.54 Å². The SMILES string of the molecule is Cc1nnc2n1-c1ccc(C#CCN3C(=O)c4cccc5cccc(c45)C3=O)cc1C(c1ccccc1Cl)=NC2. The fourth-order valence-electron chi connectivity index (χ4n) is 5.38. The summed E-state index contributed by atoms with van der Waals surface area (Å²) in [5.41, 5.74) is 5.01. The first-order valence-electron chi connectivity index (χ1n) is 12.7. The lowest BCUT2D eigenvalue weighted by molar-refractivity contribution is 0.0632. The number of halogens is 1. The number of hydrogen-bond donors (Lipinski definition) is 0. The fraction of sp³-hybridized carbons (Fsp3) is 0.0938. The van der Waals surface area contributed by atoms with E-state index in [0.717, 1.165) is 39.6 Å². The molecule has 0 aliphatic carbocycles. The molecule has 2 amide bonds. The maximum absolute atomic E-state index is 13.2. The molecular formula is C32H20ClN5O2. The molecule has 7 rings (SSSR count). The summed E-state index contributed by atoms with van der Waals surface area (Å²) in [5.74, 6) is 7.00. The molecule has 0 N–H and O–H groups in total. The molecule has 5 aromatic rings. The number of benzene rings is 4. The number of nitrogens with zero attached hydrogens (tertiary/aromatic N) is 5. The van der Waals surface area contributed by atoms with Crippen molar-refractivity contribution in [2.45, 2.75) is 13.5 Å². The number of aromatic nitrogens is 3. The zero-order chi connectivity index (χ0) is 27.4. The molecule has 0 spiro atoms. The van der Waals surface area contributed by atoms with Crippen LogP contribution in [0.1, 0.15) is 49.1 Å². The van der Waals surface area contributed by atoms with Crippen LogP contribution in [0, 0.1) is 18.8 Å². The average Bonchev–Trinajstić information content (AvgIpc) is 3.25. The van der Waals surface area contributed by atoms with Gasteiger partial charge < -0.3 is 0 Å². The Hall–Kier alpha value is -5.06. The molecule has 2 aliphatic rings. The summed E-state index contributed by atoms with van der Waals surface area (Å²) in [5, 5.41) is 10.7. The molecule has 0 saturated carbocycles. The molecular weight excluding hydrogens is 522 g/mol. The van der Waals surface area contributed by atoms with E-state index < -0.39 is 0 Å². The van der Waals surface area contributed by atoms with Gasteiger partial charge in [0.15, 0.2) is 5.82 Å². The lowest BCUT2D eigenvalue weighted by Gasteiger charge is -2.25. The number of fused-ring (bicyclic) bond motifs is 3. The normalized spacial score (nSPS) is 13.8. The number of carbonyl (C=O) groups excluding carboxylic acids is 2. The second-order valence-corrected chi connectivity index (χ2v) is 9.99. The highest BCUT2D eigenvalue weighted by Gasteiger charge is 2.32. The maximum atomic E-state index is 13.2. The van der Waals surface area contributed by atoms with Crippen molar-refractivity contribution in [2.24, 2.45) is 4.99 Å². The molecule has 7 nitrogen and oxygen atoms in total. The molecule has 1 aromatic heterocycles. The standard InChI is InChI=1S/C32H20ClN5O2/c1-19-35-36-28-18-34-30(22-10-2-3-13-26(22)33)25-17-20(14-15-27(25)38(19)28)7-6-16-37-31(39)23-11-4-8-21-9-5-12-24(29(21)23)32(37)40/h2-5,8-15,17H,16,18H2,1H3. The van der Waals surface area contributed by atoms with Gasteiger partial charge in [0.1, 0.15) is 12.4 Å². The molecule has 0 unspecified atom stereocenters. The summed E-state index contributed by atoms with van der Waals surface area (Å²) in [7, 11) is 0. The third-order valence-corrected chi connectivity index (χ3v) is 7.55. The van der Waals surface area contributed by atoms with Gasteiger partial charge in [-0.25, -0.2) is 0 Å². The maximum Gasteiger partial charge on any atom is 0.262 e. The van der Waals surface area contributed by atoms with Crippen LogP contribution < -0.4 is 0 Å². The molecule has 0 radical (unpaired) electrons. The Bertz CT molecular complexity index is 1950. The van der Waals surface area contributed by atoms with Gasteiger partial charge in [0.2, 0.25) is 0 Å². The number of hydrogen-bond acceptors (Lipinski definition) is 5. The van der Waals surface area contributed by atoms with Crippen LogP contribution >= 0.6 is 11.6 Å². The first-order valence-corrected chi connectivity index (χ1v) is 13.1. The lowest BCUT2D eigenvalue weighted by atomic mass is 9.94. The zero-order valence-electron chi connectivity index (χ0n) is 21.4. The van der Waals surface area contributed by atoms with Crippen LogP contribution in [0.25, 0.3) is 16.5 Å².